The molecule has 0 aromatic carbocycles. The number of hydrogen-bond donors (Lipinski definition) is 1. The highest BCUT2D eigenvalue weighted by molar-refractivity contribution is 7.09. The Morgan fingerprint density at radius 1 is 1.44 bits per heavy atom. The van der Waals surface area contributed by atoms with Crippen molar-refractivity contribution in [1.29, 1.82) is 0 Å². The number of thiophene rings is 1. The summed E-state index contributed by atoms with van der Waals surface area (Å²) in [5.41, 5.74) is 0.906. The summed E-state index contributed by atoms with van der Waals surface area (Å²) in [5.74, 6) is 0.907. The normalized spacial score (nSPS) is 12.4. The van der Waals surface area contributed by atoms with Crippen LogP contribution in [0.15, 0.2) is 35.8 Å². The fourth-order valence-electron chi connectivity index (χ4n) is 1.75. The molecule has 1 N–H and O–H groups in total. The van der Waals surface area contributed by atoms with E-state index >= 15 is 0 Å². The minimum absolute atomic E-state index is 0.447. The standard InChI is InChI=1S/C14H18N2OS/c1-11(17)12-5-7-15-14(10-12)16(2)8-6-13-4-3-9-18-13/h3-5,7,9-11,17H,6,8H2,1-2H3. The highest BCUT2D eigenvalue weighted by Gasteiger charge is 2.06. The van der Waals surface area contributed by atoms with Crippen LogP contribution in [0, 0.1) is 0 Å². The monoisotopic (exact) mass is 262 g/mol. The van der Waals surface area contributed by atoms with Gasteiger partial charge in [0.15, 0.2) is 0 Å². The van der Waals surface area contributed by atoms with Crippen molar-refractivity contribution in [2.75, 3.05) is 18.5 Å². The van der Waals surface area contributed by atoms with Gasteiger partial charge in [0.2, 0.25) is 0 Å². The quantitative estimate of drug-likeness (QED) is 0.900. The summed E-state index contributed by atoms with van der Waals surface area (Å²) < 4.78 is 0. The highest BCUT2D eigenvalue weighted by atomic mass is 32.1. The third-order valence-electron chi connectivity index (χ3n) is 2.92. The van der Waals surface area contributed by atoms with Crippen LogP contribution in [0.2, 0.25) is 0 Å². The molecule has 0 amide bonds. The number of anilines is 1. The van der Waals surface area contributed by atoms with Gasteiger partial charge in [-0.05, 0) is 42.5 Å². The molecule has 1 atom stereocenters. The predicted octanol–water partition coefficient (Wildman–Crippen LogP) is 2.88. The van der Waals surface area contributed by atoms with Crippen LogP contribution in [-0.4, -0.2) is 23.7 Å². The van der Waals surface area contributed by atoms with Crippen LogP contribution in [0.25, 0.3) is 0 Å². The van der Waals surface area contributed by atoms with Crippen LogP contribution in [0.4, 0.5) is 5.82 Å². The number of aliphatic hydroxyl groups is 1. The van der Waals surface area contributed by atoms with Crippen molar-refractivity contribution in [1.82, 2.24) is 4.98 Å². The lowest BCUT2D eigenvalue weighted by atomic mass is 10.1. The molecule has 0 aliphatic carbocycles. The molecule has 2 aromatic rings. The molecule has 18 heavy (non-hydrogen) atoms. The molecule has 0 fully saturated rings. The molecule has 4 heteroatoms. The Bertz CT molecular complexity index is 482. The van der Waals surface area contributed by atoms with Crippen molar-refractivity contribution in [2.45, 2.75) is 19.4 Å². The molecular weight excluding hydrogens is 244 g/mol. The van der Waals surface area contributed by atoms with E-state index in [0.29, 0.717) is 0 Å². The Kier molecular flexibility index (Phi) is 4.33. The van der Waals surface area contributed by atoms with Crippen molar-refractivity contribution >= 4 is 17.2 Å². The summed E-state index contributed by atoms with van der Waals surface area (Å²) in [6, 6.07) is 8.02. The van der Waals surface area contributed by atoms with Gasteiger partial charge in [0.05, 0.1) is 6.10 Å². The zero-order valence-electron chi connectivity index (χ0n) is 10.7. The Labute approximate surface area is 112 Å². The molecule has 0 saturated heterocycles. The molecule has 2 rings (SSSR count). The molecular formula is C14H18N2OS. The Balaban J connectivity index is 1.99. The van der Waals surface area contributed by atoms with E-state index in [4.69, 9.17) is 0 Å². The van der Waals surface area contributed by atoms with Gasteiger partial charge in [0.25, 0.3) is 0 Å². The summed E-state index contributed by atoms with van der Waals surface area (Å²) in [5, 5.41) is 11.7. The number of pyridine rings is 1. The van der Waals surface area contributed by atoms with Gasteiger partial charge >= 0.3 is 0 Å². The molecule has 0 radical (unpaired) electrons. The minimum atomic E-state index is -0.447. The summed E-state index contributed by atoms with van der Waals surface area (Å²) in [4.78, 5) is 7.84. The topological polar surface area (TPSA) is 36.4 Å². The lowest BCUT2D eigenvalue weighted by Crippen LogP contribution is -2.21. The van der Waals surface area contributed by atoms with Gasteiger partial charge in [-0.25, -0.2) is 4.98 Å². The summed E-state index contributed by atoms with van der Waals surface area (Å²) in [7, 11) is 2.03. The largest absolute Gasteiger partial charge is 0.389 e. The van der Waals surface area contributed by atoms with Crippen molar-refractivity contribution in [2.24, 2.45) is 0 Å². The first-order valence-electron chi connectivity index (χ1n) is 6.04. The highest BCUT2D eigenvalue weighted by Crippen LogP contribution is 2.18. The van der Waals surface area contributed by atoms with Gasteiger partial charge in [0.1, 0.15) is 5.82 Å². The molecule has 1 unspecified atom stereocenters. The summed E-state index contributed by atoms with van der Waals surface area (Å²) in [6.07, 6.45) is 2.32. The number of aromatic nitrogens is 1. The van der Waals surface area contributed by atoms with Crippen molar-refractivity contribution in [3.05, 3.63) is 46.3 Å². The average Bonchev–Trinajstić information content (AvgIpc) is 2.89. The lowest BCUT2D eigenvalue weighted by molar-refractivity contribution is 0.199. The average molecular weight is 262 g/mol. The fourth-order valence-corrected chi connectivity index (χ4v) is 2.45. The van der Waals surface area contributed by atoms with Crippen LogP contribution in [0.1, 0.15) is 23.5 Å². The van der Waals surface area contributed by atoms with E-state index in [-0.39, 0.29) is 0 Å². The molecule has 0 saturated carbocycles. The molecule has 0 spiro atoms. The maximum Gasteiger partial charge on any atom is 0.128 e. The molecule has 2 heterocycles. The first-order valence-corrected chi connectivity index (χ1v) is 6.92. The van der Waals surface area contributed by atoms with E-state index in [1.807, 2.05) is 19.2 Å². The van der Waals surface area contributed by atoms with E-state index in [1.54, 1.807) is 24.5 Å². The van der Waals surface area contributed by atoms with E-state index in [1.165, 1.54) is 4.88 Å². The van der Waals surface area contributed by atoms with Crippen LogP contribution in [0.5, 0.6) is 0 Å². The maximum absolute atomic E-state index is 9.57. The Morgan fingerprint density at radius 2 is 2.28 bits per heavy atom. The van der Waals surface area contributed by atoms with Gasteiger partial charge in [-0.2, -0.15) is 0 Å². The molecule has 0 bridgehead atoms. The minimum Gasteiger partial charge on any atom is -0.389 e. The smallest absolute Gasteiger partial charge is 0.128 e. The predicted molar refractivity (Wildman–Crippen MR) is 76.2 cm³/mol. The van der Waals surface area contributed by atoms with Crippen LogP contribution in [0.3, 0.4) is 0 Å². The number of nitrogens with zero attached hydrogens (tertiary/aromatic N) is 2. The second kappa shape index (κ2) is 5.98. The van der Waals surface area contributed by atoms with Crippen LogP contribution < -0.4 is 4.90 Å². The van der Waals surface area contributed by atoms with Crippen molar-refractivity contribution in [3.63, 3.8) is 0 Å². The number of aliphatic hydroxyl groups excluding tert-OH is 1. The fraction of sp³-hybridized carbons (Fsp3) is 0.357. The van der Waals surface area contributed by atoms with Gasteiger partial charge in [-0.3, -0.25) is 0 Å². The molecule has 96 valence electrons. The van der Waals surface area contributed by atoms with E-state index in [2.05, 4.69) is 27.4 Å². The van der Waals surface area contributed by atoms with E-state index < -0.39 is 6.10 Å². The molecule has 0 aliphatic rings. The maximum atomic E-state index is 9.57. The second-order valence-corrected chi connectivity index (χ2v) is 5.41. The Hall–Kier alpha value is -1.39. The van der Waals surface area contributed by atoms with Gasteiger partial charge < -0.3 is 10.0 Å². The molecule has 2 aromatic heterocycles. The molecule has 3 nitrogen and oxygen atoms in total. The number of rotatable bonds is 5. The van der Waals surface area contributed by atoms with E-state index in [0.717, 1.165) is 24.3 Å². The second-order valence-electron chi connectivity index (χ2n) is 4.37. The van der Waals surface area contributed by atoms with Gasteiger partial charge in [-0.1, -0.05) is 6.07 Å². The van der Waals surface area contributed by atoms with Gasteiger partial charge in [0, 0.05) is 24.7 Å². The van der Waals surface area contributed by atoms with Crippen LogP contribution >= 0.6 is 11.3 Å². The first kappa shape index (κ1) is 13.1. The number of hydrogen-bond acceptors (Lipinski definition) is 4. The molecule has 0 aliphatic heterocycles. The summed E-state index contributed by atoms with van der Waals surface area (Å²) in [6.45, 7) is 2.70. The van der Waals surface area contributed by atoms with Crippen molar-refractivity contribution < 1.29 is 5.11 Å². The Morgan fingerprint density at radius 3 is 2.94 bits per heavy atom. The van der Waals surface area contributed by atoms with Gasteiger partial charge in [-0.15, -0.1) is 11.3 Å². The first-order chi connectivity index (χ1) is 8.66. The number of likely N-dealkylation sites (N-methyl/N-ethyl adjacent to an activating group) is 1. The zero-order chi connectivity index (χ0) is 13.0. The third kappa shape index (κ3) is 3.31. The van der Waals surface area contributed by atoms with Crippen molar-refractivity contribution in [3.8, 4) is 0 Å². The van der Waals surface area contributed by atoms with Crippen LogP contribution in [-0.2, 0) is 6.42 Å². The summed E-state index contributed by atoms with van der Waals surface area (Å²) >= 11 is 1.78. The SMILES string of the molecule is CC(O)c1ccnc(N(C)CCc2cccs2)c1. The van der Waals surface area contributed by atoms with E-state index in [9.17, 15) is 5.11 Å². The zero-order valence-corrected chi connectivity index (χ0v) is 11.5. The third-order valence-corrected chi connectivity index (χ3v) is 3.85. The lowest BCUT2D eigenvalue weighted by Gasteiger charge is -2.18.